The Bertz CT molecular complexity index is 834. The van der Waals surface area contributed by atoms with Crippen LogP contribution in [0.15, 0.2) is 30.5 Å². The zero-order valence-electron chi connectivity index (χ0n) is 15.6. The molecule has 1 aliphatic heterocycles. The molecule has 0 radical (unpaired) electrons. The summed E-state index contributed by atoms with van der Waals surface area (Å²) in [6.07, 6.45) is 3.30. The summed E-state index contributed by atoms with van der Waals surface area (Å²) in [5, 5.41) is 12.4. The van der Waals surface area contributed by atoms with E-state index >= 15 is 0 Å². The first-order chi connectivity index (χ1) is 13.0. The van der Waals surface area contributed by atoms with Crippen molar-refractivity contribution >= 4 is 11.6 Å². The van der Waals surface area contributed by atoms with Gasteiger partial charge in [0.1, 0.15) is 5.60 Å². The summed E-state index contributed by atoms with van der Waals surface area (Å²) >= 11 is 6.32. The highest BCUT2D eigenvalue weighted by Gasteiger charge is 2.53. The highest BCUT2D eigenvalue weighted by Crippen LogP contribution is 2.52. The molecule has 0 unspecified atom stereocenters. The number of hydrogen-bond donors (Lipinski definition) is 1. The van der Waals surface area contributed by atoms with E-state index < -0.39 is 5.60 Å². The second-order valence-electron chi connectivity index (χ2n) is 7.39. The number of likely N-dealkylation sites (tertiary alicyclic amines) is 1. The number of ether oxygens (including phenoxy) is 2. The van der Waals surface area contributed by atoms with Crippen LogP contribution < -0.4 is 9.47 Å². The van der Waals surface area contributed by atoms with Gasteiger partial charge in [0.15, 0.2) is 0 Å². The molecule has 1 saturated carbocycles. The summed E-state index contributed by atoms with van der Waals surface area (Å²) in [7, 11) is 3.07. The first kappa shape index (κ1) is 18.5. The first-order valence-electron chi connectivity index (χ1n) is 9.18. The molecule has 1 aliphatic carbocycles. The SMILES string of the molecule is COc1ncc([C@]2(O)CC[C@H]3CN(Cc4ccccc4Cl)C[C@H]32)c(OC)n1. The largest absolute Gasteiger partial charge is 0.481 e. The Balaban J connectivity index is 1.57. The highest BCUT2D eigenvalue weighted by atomic mass is 35.5. The van der Waals surface area contributed by atoms with Crippen molar-refractivity contribution in [3.63, 3.8) is 0 Å². The predicted octanol–water partition coefficient (Wildman–Crippen LogP) is 2.88. The fourth-order valence-corrected chi connectivity index (χ4v) is 4.81. The van der Waals surface area contributed by atoms with Crippen molar-refractivity contribution in [1.29, 1.82) is 0 Å². The van der Waals surface area contributed by atoms with Gasteiger partial charge >= 0.3 is 6.01 Å². The lowest BCUT2D eigenvalue weighted by Crippen LogP contribution is -2.35. The zero-order valence-corrected chi connectivity index (χ0v) is 16.3. The van der Waals surface area contributed by atoms with Gasteiger partial charge in [-0.05, 0) is 30.4 Å². The van der Waals surface area contributed by atoms with Crippen molar-refractivity contribution in [2.24, 2.45) is 11.8 Å². The van der Waals surface area contributed by atoms with Crippen LogP contribution in [0.1, 0.15) is 24.0 Å². The molecule has 2 heterocycles. The normalized spacial score (nSPS) is 27.6. The lowest BCUT2D eigenvalue weighted by atomic mass is 9.83. The number of aromatic nitrogens is 2. The summed E-state index contributed by atoms with van der Waals surface area (Å²) < 4.78 is 10.5. The van der Waals surface area contributed by atoms with Gasteiger partial charge in [-0.25, -0.2) is 4.98 Å². The molecule has 6 nitrogen and oxygen atoms in total. The Morgan fingerprint density at radius 1 is 1.26 bits per heavy atom. The van der Waals surface area contributed by atoms with E-state index in [2.05, 4.69) is 20.9 Å². The van der Waals surface area contributed by atoms with Crippen LogP contribution >= 0.6 is 11.6 Å². The van der Waals surface area contributed by atoms with E-state index in [1.54, 1.807) is 13.3 Å². The van der Waals surface area contributed by atoms with Crippen molar-refractivity contribution in [2.75, 3.05) is 27.3 Å². The Hall–Kier alpha value is -1.89. The van der Waals surface area contributed by atoms with E-state index in [4.69, 9.17) is 21.1 Å². The number of halogens is 1. The zero-order chi connectivity index (χ0) is 19.0. The van der Waals surface area contributed by atoms with Gasteiger partial charge in [-0.15, -0.1) is 0 Å². The Morgan fingerprint density at radius 3 is 2.81 bits per heavy atom. The van der Waals surface area contributed by atoms with Gasteiger partial charge < -0.3 is 14.6 Å². The van der Waals surface area contributed by atoms with Crippen LogP contribution in [0.4, 0.5) is 0 Å². The molecule has 1 saturated heterocycles. The molecule has 7 heteroatoms. The smallest absolute Gasteiger partial charge is 0.319 e. The summed E-state index contributed by atoms with van der Waals surface area (Å²) in [6.45, 7) is 2.55. The fraction of sp³-hybridized carbons (Fsp3) is 0.500. The van der Waals surface area contributed by atoms with E-state index in [0.717, 1.165) is 36.6 Å². The van der Waals surface area contributed by atoms with Gasteiger partial charge in [-0.2, -0.15) is 4.98 Å². The average Bonchev–Trinajstić information content (AvgIpc) is 3.23. The average molecular weight is 390 g/mol. The standard InChI is InChI=1S/C20H24ClN3O3/c1-26-18-15(9-22-19(23-18)27-2)20(25)8-7-13-10-24(12-16(13)20)11-14-5-3-4-6-17(14)21/h3-6,9,13,16,25H,7-8,10-12H2,1-2H3/t13-,16+,20+/m0/s1. The first-order valence-corrected chi connectivity index (χ1v) is 9.56. The van der Waals surface area contributed by atoms with Crippen molar-refractivity contribution in [3.05, 3.63) is 46.6 Å². The number of hydrogen-bond acceptors (Lipinski definition) is 6. The maximum absolute atomic E-state index is 11.6. The lowest BCUT2D eigenvalue weighted by molar-refractivity contribution is -0.00971. The summed E-state index contributed by atoms with van der Waals surface area (Å²) in [6, 6.07) is 8.17. The second-order valence-corrected chi connectivity index (χ2v) is 7.80. The van der Waals surface area contributed by atoms with Crippen molar-refractivity contribution < 1.29 is 14.6 Å². The van der Waals surface area contributed by atoms with Crippen LogP contribution in [-0.2, 0) is 12.1 Å². The Labute approximate surface area is 164 Å². The number of aliphatic hydroxyl groups is 1. The van der Waals surface area contributed by atoms with Gasteiger partial charge in [0.2, 0.25) is 5.88 Å². The van der Waals surface area contributed by atoms with Crippen LogP contribution in [0.25, 0.3) is 0 Å². The highest BCUT2D eigenvalue weighted by molar-refractivity contribution is 6.31. The van der Waals surface area contributed by atoms with Gasteiger partial charge in [0, 0.05) is 36.8 Å². The molecular weight excluding hydrogens is 366 g/mol. The van der Waals surface area contributed by atoms with Crippen molar-refractivity contribution in [2.45, 2.75) is 25.0 Å². The molecule has 2 aliphatic rings. The minimum atomic E-state index is -0.989. The third-order valence-corrected chi connectivity index (χ3v) is 6.32. The number of benzene rings is 1. The van der Waals surface area contributed by atoms with Crippen LogP contribution in [-0.4, -0.2) is 47.3 Å². The molecular formula is C20H24ClN3O3. The van der Waals surface area contributed by atoms with Crippen LogP contribution in [0.3, 0.4) is 0 Å². The molecule has 27 heavy (non-hydrogen) atoms. The molecule has 1 aromatic carbocycles. The second kappa shape index (κ2) is 7.26. The molecule has 2 aromatic rings. The monoisotopic (exact) mass is 389 g/mol. The molecule has 0 spiro atoms. The van der Waals surface area contributed by atoms with Gasteiger partial charge in [0.25, 0.3) is 0 Å². The number of methoxy groups -OCH3 is 2. The van der Waals surface area contributed by atoms with E-state index in [1.165, 1.54) is 7.11 Å². The molecule has 0 bridgehead atoms. The molecule has 0 amide bonds. The van der Waals surface area contributed by atoms with E-state index in [9.17, 15) is 5.11 Å². The molecule has 1 aromatic heterocycles. The third-order valence-electron chi connectivity index (χ3n) is 5.95. The van der Waals surface area contributed by atoms with Crippen LogP contribution in [0.5, 0.6) is 11.9 Å². The van der Waals surface area contributed by atoms with Gasteiger partial charge in [-0.3, -0.25) is 4.90 Å². The third kappa shape index (κ3) is 3.26. The summed E-state index contributed by atoms with van der Waals surface area (Å²) in [4.78, 5) is 10.8. The van der Waals surface area contributed by atoms with E-state index in [-0.39, 0.29) is 11.9 Å². The lowest BCUT2D eigenvalue weighted by Gasteiger charge is -2.31. The maximum Gasteiger partial charge on any atom is 0.319 e. The molecule has 144 valence electrons. The minimum Gasteiger partial charge on any atom is -0.481 e. The van der Waals surface area contributed by atoms with E-state index in [1.807, 2.05) is 18.2 Å². The summed E-state index contributed by atoms with van der Waals surface area (Å²) in [5.41, 5.74) is 0.781. The molecule has 1 N–H and O–H groups in total. The molecule has 2 fully saturated rings. The van der Waals surface area contributed by atoms with Gasteiger partial charge in [0.05, 0.1) is 19.8 Å². The minimum absolute atomic E-state index is 0.117. The van der Waals surface area contributed by atoms with Crippen LogP contribution in [0.2, 0.25) is 5.02 Å². The molecule has 4 rings (SSSR count). The number of rotatable bonds is 5. The van der Waals surface area contributed by atoms with Crippen molar-refractivity contribution in [3.8, 4) is 11.9 Å². The Kier molecular flexibility index (Phi) is 4.97. The topological polar surface area (TPSA) is 67.7 Å². The fourth-order valence-electron chi connectivity index (χ4n) is 4.62. The van der Waals surface area contributed by atoms with Crippen molar-refractivity contribution in [1.82, 2.24) is 14.9 Å². The Morgan fingerprint density at radius 2 is 2.07 bits per heavy atom. The summed E-state index contributed by atoms with van der Waals surface area (Å²) in [5.74, 6) is 0.935. The maximum atomic E-state index is 11.6. The number of fused-ring (bicyclic) bond motifs is 1. The quantitative estimate of drug-likeness (QED) is 0.848. The van der Waals surface area contributed by atoms with E-state index in [0.29, 0.717) is 23.8 Å². The predicted molar refractivity (Wildman–Crippen MR) is 102 cm³/mol. The number of nitrogens with zero attached hydrogens (tertiary/aromatic N) is 3. The van der Waals surface area contributed by atoms with Crippen LogP contribution in [0, 0.1) is 11.8 Å². The van der Waals surface area contributed by atoms with Gasteiger partial charge in [-0.1, -0.05) is 29.8 Å². The molecule has 3 atom stereocenters.